The second-order valence-electron chi connectivity index (χ2n) is 0.972. The molecule has 0 heterocycles. The van der Waals surface area contributed by atoms with Gasteiger partial charge in [0.05, 0.1) is 0 Å². The van der Waals surface area contributed by atoms with Crippen molar-refractivity contribution < 1.29 is 17.0 Å². The Labute approximate surface area is 54.8 Å². The SMILES string of the molecule is C/C=C(/C)[SH2+].[Br-]. The first-order valence-electron chi connectivity index (χ1n) is 1.62. The highest BCUT2D eigenvalue weighted by molar-refractivity contribution is 7.63. The number of hydrogen-bond acceptors (Lipinski definition) is 0. The predicted octanol–water partition coefficient (Wildman–Crippen LogP) is -2.07. The normalized spacial score (nSPS) is 10.2. The smallest absolute Gasteiger partial charge is 0.119 e. The van der Waals surface area contributed by atoms with Crippen molar-refractivity contribution in [3.05, 3.63) is 11.0 Å². The summed E-state index contributed by atoms with van der Waals surface area (Å²) in [5.41, 5.74) is 0. The van der Waals surface area contributed by atoms with Gasteiger partial charge in [0, 0.05) is 6.92 Å². The van der Waals surface area contributed by atoms with E-state index in [0.717, 1.165) is 0 Å². The van der Waals surface area contributed by atoms with Crippen LogP contribution in [0.2, 0.25) is 0 Å². The molecule has 0 atom stereocenters. The van der Waals surface area contributed by atoms with Gasteiger partial charge >= 0.3 is 0 Å². The fraction of sp³-hybridized carbons (Fsp3) is 0.500. The molecule has 38 valence electrons. The minimum Gasteiger partial charge on any atom is -1.00 e. The van der Waals surface area contributed by atoms with Crippen molar-refractivity contribution in [1.82, 2.24) is 0 Å². The molecule has 0 fully saturated rings. The molecule has 0 aliphatic rings. The summed E-state index contributed by atoms with van der Waals surface area (Å²) >= 11 is 3.28. The second kappa shape index (κ2) is 5.57. The summed E-state index contributed by atoms with van der Waals surface area (Å²) in [7, 11) is 0. The van der Waals surface area contributed by atoms with Gasteiger partial charge in [-0.25, -0.2) is 0 Å². The van der Waals surface area contributed by atoms with Crippen LogP contribution in [0.5, 0.6) is 0 Å². The van der Waals surface area contributed by atoms with Crippen LogP contribution >= 0.6 is 0 Å². The lowest BCUT2D eigenvalue weighted by molar-refractivity contribution is -0.00000109. The first-order valence-corrected chi connectivity index (χ1v) is 2.12. The van der Waals surface area contributed by atoms with Crippen LogP contribution in [0.15, 0.2) is 11.0 Å². The molecule has 6 heavy (non-hydrogen) atoms. The number of halogens is 1. The summed E-state index contributed by atoms with van der Waals surface area (Å²) < 4.78 is 0. The van der Waals surface area contributed by atoms with Gasteiger partial charge in [-0.1, -0.05) is 0 Å². The lowest BCUT2D eigenvalue weighted by atomic mass is 10.6. The van der Waals surface area contributed by atoms with Gasteiger partial charge in [-0.2, -0.15) is 0 Å². The molecule has 2 heteroatoms. The molecule has 0 aromatic rings. The van der Waals surface area contributed by atoms with Crippen molar-refractivity contribution in [1.29, 1.82) is 0 Å². The van der Waals surface area contributed by atoms with Gasteiger partial charge in [0.15, 0.2) is 0 Å². The highest BCUT2D eigenvalue weighted by atomic mass is 79.9. The van der Waals surface area contributed by atoms with Gasteiger partial charge in [0.25, 0.3) is 0 Å². The maximum absolute atomic E-state index is 3.28. The zero-order chi connectivity index (χ0) is 4.28. The number of hydrogen-bond donors (Lipinski definition) is 0. The van der Waals surface area contributed by atoms with Gasteiger partial charge in [-0.15, -0.1) is 0 Å². The highest BCUT2D eigenvalue weighted by Gasteiger charge is 1.71. The van der Waals surface area contributed by atoms with E-state index >= 15 is 0 Å². The van der Waals surface area contributed by atoms with Gasteiger partial charge in [0.2, 0.25) is 0 Å². The van der Waals surface area contributed by atoms with Crippen LogP contribution in [0.4, 0.5) is 0 Å². The largest absolute Gasteiger partial charge is 1.00 e. The van der Waals surface area contributed by atoms with Crippen molar-refractivity contribution >= 4 is 12.6 Å². The molecule has 0 spiro atoms. The molecule has 0 N–H and O–H groups in total. The lowest BCUT2D eigenvalue weighted by Crippen LogP contribution is -3.00. The molecule has 0 aromatic carbocycles. The Morgan fingerprint density at radius 3 is 1.83 bits per heavy atom. The van der Waals surface area contributed by atoms with E-state index in [1.165, 1.54) is 4.91 Å². The maximum Gasteiger partial charge on any atom is 0.119 e. The van der Waals surface area contributed by atoms with Gasteiger partial charge in [0.1, 0.15) is 4.91 Å². The Morgan fingerprint density at radius 1 is 1.67 bits per heavy atom. The van der Waals surface area contributed by atoms with Crippen molar-refractivity contribution in [2.75, 3.05) is 0 Å². The van der Waals surface area contributed by atoms with E-state index in [0.29, 0.717) is 0 Å². The second-order valence-corrected chi connectivity index (χ2v) is 1.76. The molecular formula is C4H9BrS. The van der Waals surface area contributed by atoms with Crippen LogP contribution in [0.3, 0.4) is 0 Å². The summed E-state index contributed by atoms with van der Waals surface area (Å²) in [4.78, 5) is 1.19. The Hall–Kier alpha value is 0.570. The topological polar surface area (TPSA) is 0 Å². The molecule has 0 aliphatic heterocycles. The summed E-state index contributed by atoms with van der Waals surface area (Å²) in [6.07, 6.45) is 2.00. The summed E-state index contributed by atoms with van der Waals surface area (Å²) in [6.45, 7) is 3.99. The molecule has 0 saturated carbocycles. The predicted molar refractivity (Wildman–Crippen MR) is 29.6 cm³/mol. The quantitative estimate of drug-likeness (QED) is 0.365. The third-order valence-electron chi connectivity index (χ3n) is 0.433. The number of rotatable bonds is 0. The van der Waals surface area contributed by atoms with E-state index in [-0.39, 0.29) is 17.0 Å². The van der Waals surface area contributed by atoms with E-state index in [4.69, 9.17) is 0 Å². The third-order valence-corrected chi connectivity index (χ3v) is 0.722. The minimum absolute atomic E-state index is 0. The Balaban J connectivity index is 0. The Morgan fingerprint density at radius 2 is 1.83 bits per heavy atom. The van der Waals surface area contributed by atoms with Crippen LogP contribution in [0, 0.1) is 0 Å². The first-order chi connectivity index (χ1) is 2.27. The molecular weight excluding hydrogens is 160 g/mol. The van der Waals surface area contributed by atoms with Crippen LogP contribution in [-0.4, -0.2) is 0 Å². The molecule has 0 bridgehead atoms. The van der Waals surface area contributed by atoms with E-state index in [1.54, 1.807) is 0 Å². The van der Waals surface area contributed by atoms with Gasteiger partial charge in [-0.3, -0.25) is 0 Å². The van der Waals surface area contributed by atoms with E-state index in [9.17, 15) is 0 Å². The Bertz CT molecular complexity index is 45.5. The zero-order valence-electron chi connectivity index (χ0n) is 3.96. The van der Waals surface area contributed by atoms with Crippen molar-refractivity contribution in [2.45, 2.75) is 13.8 Å². The number of allylic oxidation sites excluding steroid dienone is 2. The fourth-order valence-corrected chi connectivity index (χ4v) is 0. The third kappa shape index (κ3) is 8.82. The highest BCUT2D eigenvalue weighted by Crippen LogP contribution is 1.80. The van der Waals surface area contributed by atoms with Crippen LogP contribution in [0.1, 0.15) is 13.8 Å². The summed E-state index contributed by atoms with van der Waals surface area (Å²) in [5.74, 6) is 0. The van der Waals surface area contributed by atoms with Gasteiger partial charge < -0.3 is 17.0 Å². The molecule has 0 radical (unpaired) electrons. The molecule has 0 rings (SSSR count). The average molecular weight is 169 g/mol. The van der Waals surface area contributed by atoms with E-state index < -0.39 is 0 Å². The van der Waals surface area contributed by atoms with Crippen molar-refractivity contribution in [3.8, 4) is 0 Å². The molecule has 0 aromatic heterocycles. The average Bonchev–Trinajstić information content (AvgIpc) is 1.38. The lowest BCUT2D eigenvalue weighted by Gasteiger charge is -1.63. The standard InChI is InChI=1S/C4H8S.BrH/c1-3-4(2)5;/h3,5H,1-2H3;1H/b4-3-;. The zero-order valence-corrected chi connectivity index (χ0v) is 6.54. The molecule has 0 aliphatic carbocycles. The van der Waals surface area contributed by atoms with E-state index in [1.807, 2.05) is 19.9 Å². The first kappa shape index (κ1) is 9.76. The van der Waals surface area contributed by atoms with E-state index in [2.05, 4.69) is 12.6 Å². The minimum atomic E-state index is 0. The molecule has 0 amide bonds. The summed E-state index contributed by atoms with van der Waals surface area (Å²) in [5, 5.41) is 0. The molecule has 0 unspecified atom stereocenters. The van der Waals surface area contributed by atoms with Crippen molar-refractivity contribution in [2.24, 2.45) is 0 Å². The summed E-state index contributed by atoms with van der Waals surface area (Å²) in [6, 6.07) is 0. The molecule has 0 saturated heterocycles. The fourth-order valence-electron chi connectivity index (χ4n) is 0. The van der Waals surface area contributed by atoms with Crippen LogP contribution < -0.4 is 17.0 Å². The van der Waals surface area contributed by atoms with Crippen LogP contribution in [-0.2, 0) is 12.6 Å². The Kier molecular flexibility index (Phi) is 9.06. The molecule has 0 nitrogen and oxygen atoms in total. The maximum atomic E-state index is 3.28. The monoisotopic (exact) mass is 168 g/mol. The van der Waals surface area contributed by atoms with Crippen molar-refractivity contribution in [3.63, 3.8) is 0 Å². The van der Waals surface area contributed by atoms with Gasteiger partial charge in [-0.05, 0) is 25.6 Å². The van der Waals surface area contributed by atoms with Crippen LogP contribution in [0.25, 0.3) is 0 Å².